The lowest BCUT2D eigenvalue weighted by Gasteiger charge is -2.49. The molecule has 0 unspecified atom stereocenters. The van der Waals surface area contributed by atoms with Gasteiger partial charge in [0.05, 0.1) is 0 Å². The van der Waals surface area contributed by atoms with Crippen LogP contribution >= 0.6 is 0 Å². The van der Waals surface area contributed by atoms with E-state index in [2.05, 4.69) is 11.9 Å². The van der Waals surface area contributed by atoms with Gasteiger partial charge in [0.2, 0.25) is 0 Å². The fourth-order valence-electron chi connectivity index (χ4n) is 2.15. The largest absolute Gasteiger partial charge is 0.454 e. The van der Waals surface area contributed by atoms with E-state index in [1.165, 1.54) is 38.6 Å². The monoisotopic (exact) mass is 124 g/mol. The summed E-state index contributed by atoms with van der Waals surface area (Å²) in [6, 6.07) is 0. The van der Waals surface area contributed by atoms with Crippen molar-refractivity contribution in [2.75, 3.05) is 6.54 Å². The van der Waals surface area contributed by atoms with Gasteiger partial charge in [0.25, 0.3) is 0 Å². The molecular formula is C8H14N-. The Morgan fingerprint density at radius 1 is 1.11 bits per heavy atom. The molecule has 0 amide bonds. The van der Waals surface area contributed by atoms with E-state index in [-0.39, 0.29) is 0 Å². The van der Waals surface area contributed by atoms with Gasteiger partial charge in [0.1, 0.15) is 0 Å². The van der Waals surface area contributed by atoms with E-state index in [1.54, 1.807) is 0 Å². The smallest absolute Gasteiger partial charge is 0.00669 e. The summed E-state index contributed by atoms with van der Waals surface area (Å²) < 4.78 is 0. The SMILES string of the molecule is [CH2-]N1CCCC12CCC2. The Labute approximate surface area is 57.0 Å². The van der Waals surface area contributed by atoms with Crippen LogP contribution in [0.5, 0.6) is 0 Å². The molecule has 1 aliphatic carbocycles. The summed E-state index contributed by atoms with van der Waals surface area (Å²) in [5.41, 5.74) is 0.597. The van der Waals surface area contributed by atoms with Gasteiger partial charge in [-0.2, -0.15) is 0 Å². The molecule has 1 saturated carbocycles. The summed E-state index contributed by atoms with van der Waals surface area (Å²) in [5, 5.41) is 0. The number of hydrogen-bond acceptors (Lipinski definition) is 1. The lowest BCUT2D eigenvalue weighted by Crippen LogP contribution is -2.45. The van der Waals surface area contributed by atoms with Crippen molar-refractivity contribution in [2.24, 2.45) is 0 Å². The molecule has 0 aromatic heterocycles. The molecule has 0 atom stereocenters. The van der Waals surface area contributed by atoms with Crippen molar-refractivity contribution in [3.63, 3.8) is 0 Å². The summed E-state index contributed by atoms with van der Waals surface area (Å²) in [6.45, 7) is 1.24. The predicted molar refractivity (Wildman–Crippen MR) is 37.9 cm³/mol. The van der Waals surface area contributed by atoms with E-state index in [1.807, 2.05) is 0 Å². The molecule has 1 heteroatoms. The third kappa shape index (κ3) is 0.644. The molecule has 0 aromatic rings. The Morgan fingerprint density at radius 2 is 1.78 bits per heavy atom. The maximum atomic E-state index is 4.05. The first kappa shape index (κ1) is 5.72. The second-order valence-corrected chi connectivity index (χ2v) is 3.44. The van der Waals surface area contributed by atoms with Crippen LogP contribution in [0.15, 0.2) is 0 Å². The zero-order chi connectivity index (χ0) is 6.32. The maximum absolute atomic E-state index is 4.05. The van der Waals surface area contributed by atoms with E-state index in [4.69, 9.17) is 0 Å². The summed E-state index contributed by atoms with van der Waals surface area (Å²) in [7, 11) is 4.05. The van der Waals surface area contributed by atoms with Crippen LogP contribution in [0.3, 0.4) is 0 Å². The molecule has 2 fully saturated rings. The van der Waals surface area contributed by atoms with Crippen LogP contribution in [-0.2, 0) is 0 Å². The van der Waals surface area contributed by atoms with Crippen LogP contribution in [0.4, 0.5) is 0 Å². The van der Waals surface area contributed by atoms with Crippen LogP contribution in [0.1, 0.15) is 32.1 Å². The fourth-order valence-corrected chi connectivity index (χ4v) is 2.15. The standard InChI is InChI=1S/C8H14N/c1-9-7-3-6-8(9)4-2-5-8/h1-7H2/q-1. The summed E-state index contributed by atoms with van der Waals surface area (Å²) >= 11 is 0. The normalized spacial score (nSPS) is 33.0. The molecule has 0 bridgehead atoms. The summed E-state index contributed by atoms with van der Waals surface area (Å²) in [6.07, 6.45) is 7.05. The van der Waals surface area contributed by atoms with Gasteiger partial charge in [-0.15, -0.1) is 0 Å². The lowest BCUT2D eigenvalue weighted by atomic mass is 9.75. The van der Waals surface area contributed by atoms with Crippen LogP contribution in [0.2, 0.25) is 0 Å². The average Bonchev–Trinajstić information content (AvgIpc) is 2.07. The van der Waals surface area contributed by atoms with E-state index >= 15 is 0 Å². The lowest BCUT2D eigenvalue weighted by molar-refractivity contribution is 0.0959. The molecule has 52 valence electrons. The van der Waals surface area contributed by atoms with Crippen molar-refractivity contribution in [3.05, 3.63) is 7.05 Å². The number of nitrogens with zero attached hydrogens (tertiary/aromatic N) is 1. The summed E-state index contributed by atoms with van der Waals surface area (Å²) in [5.74, 6) is 0. The van der Waals surface area contributed by atoms with Gasteiger partial charge < -0.3 is 4.90 Å². The van der Waals surface area contributed by atoms with Gasteiger partial charge >= 0.3 is 0 Å². The van der Waals surface area contributed by atoms with Crippen LogP contribution in [0, 0.1) is 7.05 Å². The van der Waals surface area contributed by atoms with Gasteiger partial charge in [0, 0.05) is 0 Å². The highest BCUT2D eigenvalue weighted by Crippen LogP contribution is 2.44. The van der Waals surface area contributed by atoms with Gasteiger partial charge in [-0.05, 0) is 44.2 Å². The zero-order valence-corrected chi connectivity index (χ0v) is 5.90. The minimum absolute atomic E-state index is 0.597. The molecule has 9 heavy (non-hydrogen) atoms. The van der Waals surface area contributed by atoms with Crippen LogP contribution < -0.4 is 0 Å². The van der Waals surface area contributed by atoms with Gasteiger partial charge in [-0.1, -0.05) is 0 Å². The van der Waals surface area contributed by atoms with Crippen molar-refractivity contribution in [1.82, 2.24) is 4.90 Å². The van der Waals surface area contributed by atoms with Crippen LogP contribution in [-0.4, -0.2) is 17.0 Å². The number of likely N-dealkylation sites (tertiary alicyclic amines) is 1. The van der Waals surface area contributed by atoms with Crippen molar-refractivity contribution < 1.29 is 0 Å². The molecule has 1 aliphatic heterocycles. The molecule has 0 radical (unpaired) electrons. The first-order valence-electron chi connectivity index (χ1n) is 3.92. The van der Waals surface area contributed by atoms with Crippen molar-refractivity contribution >= 4 is 0 Å². The quantitative estimate of drug-likeness (QED) is 0.445. The highest BCUT2D eigenvalue weighted by molar-refractivity contribution is 5.01. The first-order valence-corrected chi connectivity index (χ1v) is 3.92. The van der Waals surface area contributed by atoms with Crippen molar-refractivity contribution in [1.29, 1.82) is 0 Å². The first-order chi connectivity index (χ1) is 4.33. The second kappa shape index (κ2) is 1.72. The molecule has 1 heterocycles. The maximum Gasteiger partial charge on any atom is -0.00669 e. The highest BCUT2D eigenvalue weighted by Gasteiger charge is 2.39. The zero-order valence-electron chi connectivity index (χ0n) is 5.90. The minimum Gasteiger partial charge on any atom is -0.454 e. The Hall–Kier alpha value is -0.0400. The molecular weight excluding hydrogens is 110 g/mol. The minimum atomic E-state index is 0.597. The van der Waals surface area contributed by atoms with Crippen LogP contribution in [0.25, 0.3) is 0 Å². The third-order valence-electron chi connectivity index (χ3n) is 3.03. The number of rotatable bonds is 0. The fraction of sp³-hybridized carbons (Fsp3) is 0.875. The molecule has 2 aliphatic rings. The van der Waals surface area contributed by atoms with Gasteiger partial charge in [-0.3, -0.25) is 7.05 Å². The predicted octanol–water partition coefficient (Wildman–Crippen LogP) is 1.80. The molecule has 1 saturated heterocycles. The Morgan fingerprint density at radius 3 is 2.00 bits per heavy atom. The number of hydrogen-bond donors (Lipinski definition) is 0. The van der Waals surface area contributed by atoms with Gasteiger partial charge in [-0.25, -0.2) is 0 Å². The van der Waals surface area contributed by atoms with Gasteiger partial charge in [0.15, 0.2) is 0 Å². The Balaban J connectivity index is 2.09. The van der Waals surface area contributed by atoms with Crippen molar-refractivity contribution in [2.45, 2.75) is 37.6 Å². The highest BCUT2D eigenvalue weighted by atomic mass is 15.2. The molecule has 2 rings (SSSR count). The molecule has 0 N–H and O–H groups in total. The van der Waals surface area contributed by atoms with E-state index in [0.29, 0.717) is 5.54 Å². The molecule has 1 spiro atoms. The third-order valence-corrected chi connectivity index (χ3v) is 3.03. The molecule has 0 aromatic carbocycles. The van der Waals surface area contributed by atoms with E-state index in [0.717, 1.165) is 0 Å². The average molecular weight is 124 g/mol. The Kier molecular flexibility index (Phi) is 1.10. The van der Waals surface area contributed by atoms with E-state index in [9.17, 15) is 0 Å². The van der Waals surface area contributed by atoms with Crippen molar-refractivity contribution in [3.8, 4) is 0 Å². The summed E-state index contributed by atoms with van der Waals surface area (Å²) in [4.78, 5) is 2.32. The second-order valence-electron chi connectivity index (χ2n) is 3.44. The Bertz CT molecular complexity index is 116. The molecule has 1 nitrogen and oxygen atoms in total. The topological polar surface area (TPSA) is 3.24 Å². The van der Waals surface area contributed by atoms with E-state index < -0.39 is 0 Å².